The molecule has 1 aromatic carbocycles. The molecule has 28 heavy (non-hydrogen) atoms. The molecule has 1 aliphatic carbocycles. The van der Waals surface area contributed by atoms with Gasteiger partial charge in [-0.25, -0.2) is 0 Å². The lowest BCUT2D eigenvalue weighted by Gasteiger charge is -2.50. The van der Waals surface area contributed by atoms with Crippen LogP contribution in [-0.2, 0) is 24.5 Å². The normalized spacial score (nSPS) is 28.0. The fraction of sp³-hybridized carbons (Fsp3) is 0.591. The zero-order valence-corrected chi connectivity index (χ0v) is 17.3. The minimum absolute atomic E-state index is 0.0184. The van der Waals surface area contributed by atoms with Crippen molar-refractivity contribution in [2.24, 2.45) is 11.8 Å². The first-order chi connectivity index (χ1) is 13.1. The number of nitrogens with zero attached hydrogens (tertiary/aromatic N) is 1. The van der Waals surface area contributed by atoms with E-state index in [1.165, 1.54) is 0 Å². The van der Waals surface area contributed by atoms with E-state index in [-0.39, 0.29) is 24.5 Å². The molecule has 152 valence electrons. The largest absolute Gasteiger partial charge is 0.497 e. The number of methoxy groups -OCH3 is 1. The molecule has 3 rings (SSSR count). The summed E-state index contributed by atoms with van der Waals surface area (Å²) in [5, 5.41) is 0. The van der Waals surface area contributed by atoms with Gasteiger partial charge in [0.1, 0.15) is 23.1 Å². The van der Waals surface area contributed by atoms with Crippen molar-refractivity contribution in [1.29, 1.82) is 0 Å². The molecule has 3 unspecified atom stereocenters. The number of carbonyl (C=O) groups is 3. The Labute approximate surface area is 166 Å². The Morgan fingerprint density at radius 3 is 2.61 bits per heavy atom. The summed E-state index contributed by atoms with van der Waals surface area (Å²) in [6.07, 6.45) is 1.03. The first-order valence-electron chi connectivity index (χ1n) is 9.72. The Kier molecular flexibility index (Phi) is 5.26. The molecule has 0 bridgehead atoms. The highest BCUT2D eigenvalue weighted by Gasteiger charge is 2.56. The van der Waals surface area contributed by atoms with E-state index in [1.807, 2.05) is 24.3 Å². The number of esters is 1. The Hall–Kier alpha value is -2.37. The molecule has 1 saturated heterocycles. The Bertz CT molecular complexity index is 796. The summed E-state index contributed by atoms with van der Waals surface area (Å²) in [7, 11) is 3.37. The summed E-state index contributed by atoms with van der Waals surface area (Å²) in [5.74, 6) is -1.33. The summed E-state index contributed by atoms with van der Waals surface area (Å²) in [6, 6.07) is 7.59. The van der Waals surface area contributed by atoms with Crippen LogP contribution in [0.4, 0.5) is 0 Å². The Morgan fingerprint density at radius 2 is 1.96 bits per heavy atom. The van der Waals surface area contributed by atoms with Gasteiger partial charge in [-0.05, 0) is 51.3 Å². The van der Waals surface area contributed by atoms with Gasteiger partial charge in [0.05, 0.1) is 7.11 Å². The molecule has 6 heteroatoms. The topological polar surface area (TPSA) is 72.9 Å². The third-order valence-corrected chi connectivity index (χ3v) is 5.92. The summed E-state index contributed by atoms with van der Waals surface area (Å²) in [5.41, 5.74) is -0.353. The van der Waals surface area contributed by atoms with Gasteiger partial charge in [0.2, 0.25) is 5.91 Å². The number of ketones is 1. The van der Waals surface area contributed by atoms with Crippen LogP contribution in [0.25, 0.3) is 0 Å². The summed E-state index contributed by atoms with van der Waals surface area (Å²) >= 11 is 0. The molecule has 6 nitrogen and oxygen atoms in total. The van der Waals surface area contributed by atoms with Crippen LogP contribution in [0.1, 0.15) is 45.6 Å². The lowest BCUT2D eigenvalue weighted by atomic mass is 9.56. The molecular weight excluding hydrogens is 358 g/mol. The molecule has 1 heterocycles. The maximum atomic E-state index is 13.1. The molecular formula is C22H29NO5. The molecule has 2 aliphatic rings. The highest BCUT2D eigenvalue weighted by molar-refractivity contribution is 6.02. The SMILES string of the molecule is COc1cccc(C23CCN(C)C(=O)C2CC(C(=O)OC(C)(C)C)C(=O)C3)c1. The van der Waals surface area contributed by atoms with Crippen LogP contribution in [-0.4, -0.2) is 48.9 Å². The fourth-order valence-electron chi connectivity index (χ4n) is 4.47. The maximum Gasteiger partial charge on any atom is 0.317 e. The van der Waals surface area contributed by atoms with Crippen LogP contribution in [0, 0.1) is 11.8 Å². The predicted octanol–water partition coefficient (Wildman–Crippen LogP) is 2.73. The standard InChI is InChI=1S/C22H29NO5/c1-21(2,3)28-20(26)16-12-17-19(25)23(4)10-9-22(17,13-18(16)24)14-7-6-8-15(11-14)27-5/h6-8,11,16-17H,9-10,12-13H2,1-5H3. The number of carbonyl (C=O) groups excluding carboxylic acids is 3. The number of hydrogen-bond acceptors (Lipinski definition) is 5. The first-order valence-corrected chi connectivity index (χ1v) is 9.72. The van der Waals surface area contributed by atoms with Crippen LogP contribution in [0.5, 0.6) is 5.75 Å². The lowest BCUT2D eigenvalue weighted by molar-refractivity contribution is -0.167. The molecule has 1 aromatic rings. The molecule has 0 radical (unpaired) electrons. The quantitative estimate of drug-likeness (QED) is 0.589. The number of hydrogen-bond donors (Lipinski definition) is 0. The molecule has 1 amide bonds. The van der Waals surface area contributed by atoms with Gasteiger partial charge in [0.15, 0.2) is 0 Å². The smallest absolute Gasteiger partial charge is 0.317 e. The van der Waals surface area contributed by atoms with Gasteiger partial charge in [-0.2, -0.15) is 0 Å². The van der Waals surface area contributed by atoms with E-state index in [0.29, 0.717) is 18.7 Å². The van der Waals surface area contributed by atoms with Gasteiger partial charge in [0.25, 0.3) is 0 Å². The number of fused-ring (bicyclic) bond motifs is 1. The third kappa shape index (κ3) is 3.64. The van der Waals surface area contributed by atoms with E-state index in [2.05, 4.69) is 0 Å². The van der Waals surface area contributed by atoms with Gasteiger partial charge in [-0.3, -0.25) is 14.4 Å². The number of benzene rings is 1. The van der Waals surface area contributed by atoms with Crippen LogP contribution in [0.15, 0.2) is 24.3 Å². The maximum absolute atomic E-state index is 13.1. The fourth-order valence-corrected chi connectivity index (χ4v) is 4.47. The number of amides is 1. The van der Waals surface area contributed by atoms with Crippen molar-refractivity contribution < 1.29 is 23.9 Å². The molecule has 0 N–H and O–H groups in total. The minimum atomic E-state index is -0.890. The number of piperidine rings is 1. The van der Waals surface area contributed by atoms with Gasteiger partial charge < -0.3 is 14.4 Å². The number of likely N-dealkylation sites (tertiary alicyclic amines) is 1. The second kappa shape index (κ2) is 7.22. The van der Waals surface area contributed by atoms with Crippen LogP contribution < -0.4 is 4.74 Å². The summed E-state index contributed by atoms with van der Waals surface area (Å²) in [4.78, 5) is 40.5. The van der Waals surface area contributed by atoms with Crippen LogP contribution in [0.2, 0.25) is 0 Å². The summed E-state index contributed by atoms with van der Waals surface area (Å²) < 4.78 is 10.8. The van der Waals surface area contributed by atoms with Crippen molar-refractivity contribution in [1.82, 2.24) is 4.90 Å². The van der Waals surface area contributed by atoms with Gasteiger partial charge in [-0.15, -0.1) is 0 Å². The number of ether oxygens (including phenoxy) is 2. The zero-order valence-electron chi connectivity index (χ0n) is 17.3. The molecule has 1 aliphatic heterocycles. The van der Waals surface area contributed by atoms with E-state index in [4.69, 9.17) is 9.47 Å². The van der Waals surface area contributed by atoms with Crippen molar-refractivity contribution in [3.8, 4) is 5.75 Å². The average molecular weight is 387 g/mol. The van der Waals surface area contributed by atoms with E-state index < -0.39 is 28.8 Å². The molecule has 1 saturated carbocycles. The van der Waals surface area contributed by atoms with Crippen molar-refractivity contribution in [2.45, 2.75) is 51.0 Å². The zero-order chi connectivity index (χ0) is 20.7. The van der Waals surface area contributed by atoms with Crippen molar-refractivity contribution in [3.63, 3.8) is 0 Å². The average Bonchev–Trinajstić information content (AvgIpc) is 2.63. The lowest BCUT2D eigenvalue weighted by Crippen LogP contribution is -2.58. The van der Waals surface area contributed by atoms with E-state index >= 15 is 0 Å². The molecule has 0 aromatic heterocycles. The highest BCUT2D eigenvalue weighted by atomic mass is 16.6. The van der Waals surface area contributed by atoms with E-state index in [0.717, 1.165) is 5.56 Å². The van der Waals surface area contributed by atoms with Crippen LogP contribution >= 0.6 is 0 Å². The minimum Gasteiger partial charge on any atom is -0.497 e. The Balaban J connectivity index is 1.99. The third-order valence-electron chi connectivity index (χ3n) is 5.92. The second-order valence-electron chi connectivity index (χ2n) is 8.92. The highest BCUT2D eigenvalue weighted by Crippen LogP contribution is 2.50. The molecule has 0 spiro atoms. The number of Topliss-reactive ketones (excluding diaryl/α,β-unsaturated/α-hetero) is 1. The van der Waals surface area contributed by atoms with E-state index in [1.54, 1.807) is 39.8 Å². The van der Waals surface area contributed by atoms with Gasteiger partial charge in [0, 0.05) is 31.3 Å². The Morgan fingerprint density at radius 1 is 1.25 bits per heavy atom. The second-order valence-corrected chi connectivity index (χ2v) is 8.92. The van der Waals surface area contributed by atoms with Crippen molar-refractivity contribution in [3.05, 3.63) is 29.8 Å². The summed E-state index contributed by atoms with van der Waals surface area (Å²) in [6.45, 7) is 5.91. The first kappa shape index (κ1) is 20.4. The van der Waals surface area contributed by atoms with Gasteiger partial charge in [-0.1, -0.05) is 12.1 Å². The predicted molar refractivity (Wildman–Crippen MR) is 104 cm³/mol. The van der Waals surface area contributed by atoms with Gasteiger partial charge >= 0.3 is 5.97 Å². The number of rotatable bonds is 3. The molecule has 3 atom stereocenters. The monoisotopic (exact) mass is 387 g/mol. The molecule has 2 fully saturated rings. The van der Waals surface area contributed by atoms with Crippen molar-refractivity contribution in [2.75, 3.05) is 20.7 Å². The van der Waals surface area contributed by atoms with Crippen molar-refractivity contribution >= 4 is 17.7 Å². The van der Waals surface area contributed by atoms with E-state index in [9.17, 15) is 14.4 Å². The van der Waals surface area contributed by atoms with Crippen LogP contribution in [0.3, 0.4) is 0 Å².